The molecule has 21 heavy (non-hydrogen) atoms. The molecule has 118 valence electrons. The van der Waals surface area contributed by atoms with Gasteiger partial charge in [0.25, 0.3) is 0 Å². The van der Waals surface area contributed by atoms with Crippen LogP contribution >= 0.6 is 0 Å². The molecule has 0 aliphatic rings. The van der Waals surface area contributed by atoms with E-state index in [1.807, 2.05) is 0 Å². The first kappa shape index (κ1) is 17.4. The van der Waals surface area contributed by atoms with Crippen molar-refractivity contribution in [1.82, 2.24) is 4.31 Å². The molecule has 0 saturated heterocycles. The number of benzene rings is 1. The van der Waals surface area contributed by atoms with Gasteiger partial charge in [-0.1, -0.05) is 25.1 Å². The van der Waals surface area contributed by atoms with Gasteiger partial charge in [0.05, 0.1) is 4.90 Å². The number of nitrogens with two attached hydrogens (primary N) is 1. The van der Waals surface area contributed by atoms with E-state index in [2.05, 4.69) is 5.16 Å². The van der Waals surface area contributed by atoms with Gasteiger partial charge in [0.1, 0.15) is 11.7 Å². The predicted molar refractivity (Wildman–Crippen MR) is 78.1 cm³/mol. The molecule has 0 aromatic heterocycles. The smallest absolute Gasteiger partial charge is 0.243 e. The minimum atomic E-state index is -3.84. The Labute approximate surface area is 124 Å². The Morgan fingerprint density at radius 2 is 2.14 bits per heavy atom. The summed E-state index contributed by atoms with van der Waals surface area (Å²) in [5.74, 6) is -1.13. The summed E-state index contributed by atoms with van der Waals surface area (Å²) in [7, 11) is -3.84. The van der Waals surface area contributed by atoms with Gasteiger partial charge in [0.15, 0.2) is 0 Å². The van der Waals surface area contributed by atoms with Crippen LogP contribution in [0.15, 0.2) is 28.3 Å². The van der Waals surface area contributed by atoms with E-state index in [1.54, 1.807) is 20.8 Å². The molecule has 0 amide bonds. The second kappa shape index (κ2) is 6.86. The Balaban J connectivity index is 3.17. The summed E-state index contributed by atoms with van der Waals surface area (Å²) in [4.78, 5) is -0.0731. The summed E-state index contributed by atoms with van der Waals surface area (Å²) >= 11 is 0. The standard InChI is InChI=1S/C13H20FN3O3S/c1-4-17(8-10(3)13(15)16-18)21(19,20)12-7-11(14)6-5-9(12)2/h5-7,10,18H,4,8H2,1-3H3,(H2,15,16). The minimum Gasteiger partial charge on any atom is -0.409 e. The van der Waals surface area contributed by atoms with Crippen molar-refractivity contribution >= 4 is 15.9 Å². The molecule has 6 nitrogen and oxygen atoms in total. The van der Waals surface area contributed by atoms with Crippen molar-refractivity contribution < 1.29 is 18.0 Å². The number of hydrogen-bond donors (Lipinski definition) is 2. The van der Waals surface area contributed by atoms with Crippen LogP contribution < -0.4 is 5.73 Å². The van der Waals surface area contributed by atoms with Crippen LogP contribution in [0.25, 0.3) is 0 Å². The molecule has 0 radical (unpaired) electrons. The first-order valence-electron chi connectivity index (χ1n) is 6.47. The largest absolute Gasteiger partial charge is 0.409 e. The van der Waals surface area contributed by atoms with Crippen molar-refractivity contribution in [3.63, 3.8) is 0 Å². The highest BCUT2D eigenvalue weighted by atomic mass is 32.2. The Hall–Kier alpha value is -1.67. The molecule has 0 bridgehead atoms. The summed E-state index contributed by atoms with van der Waals surface area (Å²) in [5, 5.41) is 11.5. The van der Waals surface area contributed by atoms with E-state index in [0.717, 1.165) is 6.07 Å². The molecule has 1 unspecified atom stereocenters. The maximum Gasteiger partial charge on any atom is 0.243 e. The molecular weight excluding hydrogens is 297 g/mol. The van der Waals surface area contributed by atoms with Gasteiger partial charge in [0.2, 0.25) is 10.0 Å². The van der Waals surface area contributed by atoms with E-state index in [9.17, 15) is 12.8 Å². The molecule has 8 heteroatoms. The highest BCUT2D eigenvalue weighted by Crippen LogP contribution is 2.21. The number of sulfonamides is 1. The van der Waals surface area contributed by atoms with Crippen LogP contribution in [-0.2, 0) is 10.0 Å². The average Bonchev–Trinajstić information content (AvgIpc) is 2.45. The summed E-state index contributed by atoms with van der Waals surface area (Å²) in [5.41, 5.74) is 5.94. The molecule has 1 aromatic rings. The molecule has 1 atom stereocenters. The fourth-order valence-electron chi connectivity index (χ4n) is 1.89. The first-order valence-corrected chi connectivity index (χ1v) is 7.91. The number of aryl methyl sites for hydroxylation is 1. The Morgan fingerprint density at radius 1 is 1.52 bits per heavy atom. The number of amidine groups is 1. The number of rotatable bonds is 6. The van der Waals surface area contributed by atoms with Crippen LogP contribution in [0.1, 0.15) is 19.4 Å². The van der Waals surface area contributed by atoms with Crippen LogP contribution in [-0.4, -0.2) is 36.9 Å². The lowest BCUT2D eigenvalue weighted by Crippen LogP contribution is -2.39. The normalized spacial score (nSPS) is 14.4. The van der Waals surface area contributed by atoms with Gasteiger partial charge in [-0.15, -0.1) is 0 Å². The minimum absolute atomic E-state index is 0.0463. The molecule has 0 aliphatic heterocycles. The van der Waals surface area contributed by atoms with Crippen LogP contribution in [0.2, 0.25) is 0 Å². The number of halogens is 1. The first-order chi connectivity index (χ1) is 9.73. The number of oxime groups is 1. The number of hydrogen-bond acceptors (Lipinski definition) is 4. The second-order valence-corrected chi connectivity index (χ2v) is 6.70. The SMILES string of the molecule is CCN(CC(C)C(N)=NO)S(=O)(=O)c1cc(F)ccc1C. The van der Waals surface area contributed by atoms with Gasteiger partial charge in [-0.2, -0.15) is 4.31 Å². The molecule has 0 spiro atoms. The third kappa shape index (κ3) is 3.92. The van der Waals surface area contributed by atoms with Crippen molar-refractivity contribution in [2.45, 2.75) is 25.7 Å². The highest BCUT2D eigenvalue weighted by Gasteiger charge is 2.27. The average molecular weight is 317 g/mol. The van der Waals surface area contributed by atoms with Crippen molar-refractivity contribution in [3.05, 3.63) is 29.6 Å². The lowest BCUT2D eigenvalue weighted by molar-refractivity contribution is 0.311. The lowest BCUT2D eigenvalue weighted by Gasteiger charge is -2.24. The zero-order chi connectivity index (χ0) is 16.2. The molecule has 1 rings (SSSR count). The van der Waals surface area contributed by atoms with Crippen LogP contribution in [0.3, 0.4) is 0 Å². The van der Waals surface area contributed by atoms with Gasteiger partial charge in [0, 0.05) is 19.0 Å². The quantitative estimate of drug-likeness (QED) is 0.360. The summed E-state index contributed by atoms with van der Waals surface area (Å²) in [6.45, 7) is 5.16. The molecule has 0 aliphatic carbocycles. The molecule has 0 fully saturated rings. The summed E-state index contributed by atoms with van der Waals surface area (Å²) < 4.78 is 39.7. The molecule has 0 saturated carbocycles. The predicted octanol–water partition coefficient (Wildman–Crippen LogP) is 1.53. The van der Waals surface area contributed by atoms with Crippen molar-refractivity contribution in [1.29, 1.82) is 0 Å². The van der Waals surface area contributed by atoms with Gasteiger partial charge < -0.3 is 10.9 Å². The van der Waals surface area contributed by atoms with E-state index in [1.165, 1.54) is 16.4 Å². The third-order valence-electron chi connectivity index (χ3n) is 3.22. The van der Waals surface area contributed by atoms with Crippen LogP contribution in [0, 0.1) is 18.7 Å². The Morgan fingerprint density at radius 3 is 2.67 bits per heavy atom. The van der Waals surface area contributed by atoms with E-state index in [4.69, 9.17) is 10.9 Å². The van der Waals surface area contributed by atoms with E-state index in [-0.39, 0.29) is 23.8 Å². The van der Waals surface area contributed by atoms with Crippen molar-refractivity contribution in [2.75, 3.05) is 13.1 Å². The molecular formula is C13H20FN3O3S. The van der Waals surface area contributed by atoms with Gasteiger partial charge >= 0.3 is 0 Å². The fraction of sp³-hybridized carbons (Fsp3) is 0.462. The second-order valence-electron chi connectivity index (χ2n) is 4.79. The third-order valence-corrected chi connectivity index (χ3v) is 5.30. The molecule has 0 heterocycles. The van der Waals surface area contributed by atoms with Gasteiger partial charge in [-0.25, -0.2) is 12.8 Å². The molecule has 1 aromatic carbocycles. The van der Waals surface area contributed by atoms with Crippen molar-refractivity contribution in [2.24, 2.45) is 16.8 Å². The van der Waals surface area contributed by atoms with Crippen LogP contribution in [0.5, 0.6) is 0 Å². The maximum absolute atomic E-state index is 13.3. The zero-order valence-electron chi connectivity index (χ0n) is 12.2. The van der Waals surface area contributed by atoms with Gasteiger partial charge in [-0.05, 0) is 24.6 Å². The summed E-state index contributed by atoms with van der Waals surface area (Å²) in [6.07, 6.45) is 0. The monoisotopic (exact) mass is 317 g/mol. The van der Waals surface area contributed by atoms with Crippen LogP contribution in [0.4, 0.5) is 4.39 Å². The highest BCUT2D eigenvalue weighted by molar-refractivity contribution is 7.89. The van der Waals surface area contributed by atoms with E-state index in [0.29, 0.717) is 5.56 Å². The zero-order valence-corrected chi connectivity index (χ0v) is 13.1. The maximum atomic E-state index is 13.3. The lowest BCUT2D eigenvalue weighted by atomic mass is 10.1. The topological polar surface area (TPSA) is 96.0 Å². The number of nitrogens with zero attached hydrogens (tertiary/aromatic N) is 2. The Kier molecular flexibility index (Phi) is 5.68. The van der Waals surface area contributed by atoms with Gasteiger partial charge in [-0.3, -0.25) is 0 Å². The van der Waals surface area contributed by atoms with Crippen molar-refractivity contribution in [3.8, 4) is 0 Å². The molecule has 3 N–H and O–H groups in total. The van der Waals surface area contributed by atoms with E-state index >= 15 is 0 Å². The van der Waals surface area contributed by atoms with E-state index < -0.39 is 21.8 Å². The Bertz CT molecular complexity index is 632. The fourth-order valence-corrected chi connectivity index (χ4v) is 3.66. The summed E-state index contributed by atoms with van der Waals surface area (Å²) in [6, 6.07) is 3.63.